The molecule has 0 amide bonds. The van der Waals surface area contributed by atoms with Crippen molar-refractivity contribution >= 4 is 29.0 Å². The lowest BCUT2D eigenvalue weighted by Gasteiger charge is -2.20. The number of carbonyl (C=O) groups excluding carboxylic acids is 1. The summed E-state index contributed by atoms with van der Waals surface area (Å²) in [6, 6.07) is 8.72. The number of aliphatic hydroxyl groups is 1. The second-order valence-corrected chi connectivity index (χ2v) is 7.16. The van der Waals surface area contributed by atoms with Gasteiger partial charge in [-0.05, 0) is 66.7 Å². The molecular formula is C23H23ClO4. The zero-order chi connectivity index (χ0) is 20.1. The average molecular weight is 399 g/mol. The van der Waals surface area contributed by atoms with Crippen molar-refractivity contribution in [3.05, 3.63) is 69.8 Å². The molecule has 0 atom stereocenters. The summed E-state index contributed by atoms with van der Waals surface area (Å²) >= 11 is 5.88. The Morgan fingerprint density at radius 2 is 2.00 bits per heavy atom. The lowest BCUT2D eigenvalue weighted by Crippen LogP contribution is -2.06. The van der Waals surface area contributed by atoms with Gasteiger partial charge in [0.1, 0.15) is 17.1 Å². The molecule has 0 heterocycles. The number of halogens is 1. The molecule has 0 aromatic heterocycles. The SMILES string of the molecule is COc1cc(CO)c(C2=CCCCC2)c(O)c1C(=O)/C=C/c1ccc(Cl)cc1. The summed E-state index contributed by atoms with van der Waals surface area (Å²) < 4.78 is 5.34. The third-order valence-electron chi connectivity index (χ3n) is 4.89. The molecule has 1 aliphatic carbocycles. The van der Waals surface area contributed by atoms with E-state index in [1.165, 1.54) is 13.2 Å². The highest BCUT2D eigenvalue weighted by Crippen LogP contribution is 2.41. The standard InChI is InChI=1S/C23H23ClO4/c1-28-20-13-17(14-25)21(16-5-3-2-4-6-16)23(27)22(20)19(26)12-9-15-7-10-18(24)11-8-15/h5,7-13,25,27H,2-4,6,14H2,1H3/b12-9+. The van der Waals surface area contributed by atoms with E-state index in [4.69, 9.17) is 16.3 Å². The smallest absolute Gasteiger partial charge is 0.193 e. The summed E-state index contributed by atoms with van der Waals surface area (Å²) in [6.07, 6.45) is 8.98. The van der Waals surface area contributed by atoms with Gasteiger partial charge in [-0.3, -0.25) is 4.79 Å². The molecule has 146 valence electrons. The molecule has 2 aromatic carbocycles. The number of aromatic hydroxyl groups is 1. The largest absolute Gasteiger partial charge is 0.506 e. The number of ether oxygens (including phenoxy) is 1. The van der Waals surface area contributed by atoms with E-state index in [9.17, 15) is 15.0 Å². The quantitative estimate of drug-likeness (QED) is 0.505. The summed E-state index contributed by atoms with van der Waals surface area (Å²) in [4.78, 5) is 12.9. The minimum atomic E-state index is -0.369. The van der Waals surface area contributed by atoms with E-state index in [2.05, 4.69) is 6.08 Å². The van der Waals surface area contributed by atoms with E-state index in [0.29, 0.717) is 16.1 Å². The highest BCUT2D eigenvalue weighted by Gasteiger charge is 2.24. The van der Waals surface area contributed by atoms with Crippen LogP contribution in [0.3, 0.4) is 0 Å². The van der Waals surface area contributed by atoms with Gasteiger partial charge < -0.3 is 14.9 Å². The van der Waals surface area contributed by atoms with Gasteiger partial charge in [0.15, 0.2) is 5.78 Å². The van der Waals surface area contributed by atoms with Gasteiger partial charge in [-0.2, -0.15) is 0 Å². The Labute approximate surface area is 169 Å². The van der Waals surface area contributed by atoms with E-state index < -0.39 is 0 Å². The molecule has 0 radical (unpaired) electrons. The number of phenolic OH excluding ortho intramolecular Hbond substituents is 1. The molecule has 2 N–H and O–H groups in total. The fraction of sp³-hybridized carbons (Fsp3) is 0.261. The first-order chi connectivity index (χ1) is 13.5. The highest BCUT2D eigenvalue weighted by molar-refractivity contribution is 6.30. The van der Waals surface area contributed by atoms with Crippen molar-refractivity contribution in [3.8, 4) is 11.5 Å². The van der Waals surface area contributed by atoms with Gasteiger partial charge in [0.25, 0.3) is 0 Å². The van der Waals surface area contributed by atoms with Crippen LogP contribution in [0.25, 0.3) is 11.6 Å². The number of methoxy groups -OCH3 is 1. The van der Waals surface area contributed by atoms with E-state index in [1.807, 2.05) is 0 Å². The molecule has 2 aromatic rings. The first-order valence-corrected chi connectivity index (χ1v) is 9.64. The van der Waals surface area contributed by atoms with Crippen molar-refractivity contribution in [1.82, 2.24) is 0 Å². The zero-order valence-electron chi connectivity index (χ0n) is 15.7. The molecule has 4 nitrogen and oxygen atoms in total. The van der Waals surface area contributed by atoms with Gasteiger partial charge >= 0.3 is 0 Å². The van der Waals surface area contributed by atoms with Crippen molar-refractivity contribution in [1.29, 1.82) is 0 Å². The molecule has 5 heteroatoms. The molecular weight excluding hydrogens is 376 g/mol. The molecule has 1 aliphatic rings. The number of allylic oxidation sites excluding steroid dienone is 3. The fourth-order valence-corrected chi connectivity index (χ4v) is 3.60. The molecule has 3 rings (SSSR count). The lowest BCUT2D eigenvalue weighted by molar-refractivity contribution is 0.104. The lowest BCUT2D eigenvalue weighted by atomic mass is 9.87. The number of aliphatic hydroxyl groups excluding tert-OH is 1. The Bertz CT molecular complexity index is 927. The van der Waals surface area contributed by atoms with Crippen LogP contribution in [0.2, 0.25) is 5.02 Å². The van der Waals surface area contributed by atoms with Crippen LogP contribution in [0.15, 0.2) is 42.5 Å². The zero-order valence-corrected chi connectivity index (χ0v) is 16.5. The second kappa shape index (κ2) is 9.09. The Morgan fingerprint density at radius 3 is 2.61 bits per heavy atom. The van der Waals surface area contributed by atoms with Crippen molar-refractivity contribution in [3.63, 3.8) is 0 Å². The van der Waals surface area contributed by atoms with E-state index in [0.717, 1.165) is 36.8 Å². The molecule has 0 saturated carbocycles. The molecule has 0 bridgehead atoms. The van der Waals surface area contributed by atoms with Crippen LogP contribution in [0.5, 0.6) is 11.5 Å². The van der Waals surface area contributed by atoms with E-state index in [-0.39, 0.29) is 29.5 Å². The topological polar surface area (TPSA) is 66.8 Å². The van der Waals surface area contributed by atoms with Crippen LogP contribution < -0.4 is 4.74 Å². The normalized spacial score (nSPS) is 14.2. The Morgan fingerprint density at radius 1 is 1.25 bits per heavy atom. The number of hydrogen-bond donors (Lipinski definition) is 2. The second-order valence-electron chi connectivity index (χ2n) is 6.72. The molecule has 28 heavy (non-hydrogen) atoms. The van der Waals surface area contributed by atoms with Crippen LogP contribution in [-0.4, -0.2) is 23.1 Å². The summed E-state index contributed by atoms with van der Waals surface area (Å²) in [6.45, 7) is -0.244. The van der Waals surface area contributed by atoms with Crippen LogP contribution in [0, 0.1) is 0 Å². The number of hydrogen-bond acceptors (Lipinski definition) is 4. The first kappa shape index (κ1) is 20.2. The van der Waals surface area contributed by atoms with Gasteiger partial charge in [0, 0.05) is 10.6 Å². The Balaban J connectivity index is 2.04. The Hall–Kier alpha value is -2.56. The van der Waals surface area contributed by atoms with Crippen LogP contribution in [0.1, 0.15) is 52.7 Å². The summed E-state index contributed by atoms with van der Waals surface area (Å²) in [7, 11) is 1.44. The van der Waals surface area contributed by atoms with Crippen LogP contribution >= 0.6 is 11.6 Å². The van der Waals surface area contributed by atoms with Crippen molar-refractivity contribution < 1.29 is 19.7 Å². The predicted molar refractivity (Wildman–Crippen MR) is 112 cm³/mol. The maximum absolute atomic E-state index is 12.9. The van der Waals surface area contributed by atoms with E-state index in [1.54, 1.807) is 36.4 Å². The van der Waals surface area contributed by atoms with Gasteiger partial charge in [-0.15, -0.1) is 0 Å². The molecule has 0 spiro atoms. The minimum Gasteiger partial charge on any atom is -0.506 e. The minimum absolute atomic E-state index is 0.103. The fourth-order valence-electron chi connectivity index (χ4n) is 3.47. The summed E-state index contributed by atoms with van der Waals surface area (Å²) in [5, 5.41) is 21.4. The number of benzene rings is 2. The van der Waals surface area contributed by atoms with Crippen molar-refractivity contribution in [2.24, 2.45) is 0 Å². The first-order valence-electron chi connectivity index (χ1n) is 9.26. The van der Waals surface area contributed by atoms with Gasteiger partial charge in [0.2, 0.25) is 0 Å². The Kier molecular flexibility index (Phi) is 6.55. The van der Waals surface area contributed by atoms with Gasteiger partial charge in [-0.25, -0.2) is 0 Å². The average Bonchev–Trinajstić information content (AvgIpc) is 2.72. The molecule has 0 saturated heterocycles. The molecule has 0 aliphatic heterocycles. The van der Waals surface area contributed by atoms with Crippen molar-refractivity contribution in [2.75, 3.05) is 7.11 Å². The number of phenols is 1. The number of carbonyl (C=O) groups is 1. The maximum atomic E-state index is 12.9. The van der Waals surface area contributed by atoms with Crippen molar-refractivity contribution in [2.45, 2.75) is 32.3 Å². The predicted octanol–water partition coefficient (Wildman–Crippen LogP) is 5.40. The van der Waals surface area contributed by atoms with Crippen LogP contribution in [0.4, 0.5) is 0 Å². The van der Waals surface area contributed by atoms with E-state index >= 15 is 0 Å². The maximum Gasteiger partial charge on any atom is 0.193 e. The molecule has 0 fully saturated rings. The molecule has 0 unspecified atom stereocenters. The monoisotopic (exact) mass is 398 g/mol. The van der Waals surface area contributed by atoms with Gasteiger partial charge in [-0.1, -0.05) is 35.9 Å². The summed E-state index contributed by atoms with van der Waals surface area (Å²) in [5.41, 5.74) is 2.99. The highest BCUT2D eigenvalue weighted by atomic mass is 35.5. The third-order valence-corrected chi connectivity index (χ3v) is 5.14. The number of rotatable bonds is 6. The van der Waals surface area contributed by atoms with Gasteiger partial charge in [0.05, 0.1) is 13.7 Å². The third kappa shape index (κ3) is 4.29. The number of ketones is 1. The van der Waals surface area contributed by atoms with Crippen LogP contribution in [-0.2, 0) is 6.61 Å². The summed E-state index contributed by atoms with van der Waals surface area (Å²) in [5.74, 6) is -0.263.